The number of hydrogen-bond donors (Lipinski definition) is 2. The second-order valence-electron chi connectivity index (χ2n) is 10.3. The first-order valence-electron chi connectivity index (χ1n) is 12.9. The number of methoxy groups -OCH3 is 1. The van der Waals surface area contributed by atoms with Gasteiger partial charge in [-0.2, -0.15) is 0 Å². The van der Waals surface area contributed by atoms with Crippen molar-refractivity contribution < 1.29 is 14.3 Å². The van der Waals surface area contributed by atoms with Gasteiger partial charge in [0.1, 0.15) is 0 Å². The lowest BCUT2D eigenvalue weighted by Crippen LogP contribution is -2.51. The van der Waals surface area contributed by atoms with Gasteiger partial charge in [-0.1, -0.05) is 32.9 Å². The Balaban J connectivity index is 1.34. The zero-order chi connectivity index (χ0) is 27.1. The third kappa shape index (κ3) is 7.07. The molecule has 200 valence electrons. The van der Waals surface area contributed by atoms with E-state index in [0.29, 0.717) is 19.0 Å². The van der Waals surface area contributed by atoms with E-state index >= 15 is 0 Å². The number of nitrogens with one attached hydrogen (secondary N) is 2. The summed E-state index contributed by atoms with van der Waals surface area (Å²) in [5.41, 5.74) is 4.09. The molecule has 1 aliphatic heterocycles. The summed E-state index contributed by atoms with van der Waals surface area (Å²) in [5.74, 6) is 0.623. The van der Waals surface area contributed by atoms with E-state index in [-0.39, 0.29) is 17.2 Å². The number of anilines is 4. The molecule has 9 heteroatoms. The molecule has 1 fully saturated rings. The Labute approximate surface area is 224 Å². The number of ether oxygens (including phenoxy) is 1. The van der Waals surface area contributed by atoms with E-state index in [2.05, 4.69) is 37.6 Å². The molecule has 0 unspecified atom stereocenters. The van der Waals surface area contributed by atoms with Gasteiger partial charge in [0.05, 0.1) is 18.7 Å². The normalized spacial score (nSPS) is 13.8. The second kappa shape index (κ2) is 12.0. The van der Waals surface area contributed by atoms with Crippen molar-refractivity contribution in [1.82, 2.24) is 14.9 Å². The fourth-order valence-electron chi connectivity index (χ4n) is 4.25. The van der Waals surface area contributed by atoms with Crippen molar-refractivity contribution in [2.45, 2.75) is 27.2 Å². The molecular weight excluding hydrogens is 480 g/mol. The molecule has 0 saturated carbocycles. The maximum absolute atomic E-state index is 12.5. The molecule has 2 aromatic carbocycles. The third-order valence-electron chi connectivity index (χ3n) is 6.35. The van der Waals surface area contributed by atoms with Crippen LogP contribution in [0.25, 0.3) is 11.3 Å². The van der Waals surface area contributed by atoms with Crippen molar-refractivity contribution in [2.24, 2.45) is 5.41 Å². The van der Waals surface area contributed by atoms with Gasteiger partial charge in [0, 0.05) is 67.5 Å². The van der Waals surface area contributed by atoms with E-state index < -0.39 is 0 Å². The zero-order valence-electron chi connectivity index (χ0n) is 22.5. The van der Waals surface area contributed by atoms with Crippen LogP contribution in [0.1, 0.15) is 27.2 Å². The Bertz CT molecular complexity index is 1230. The molecule has 9 nitrogen and oxygen atoms in total. The molecule has 4 rings (SSSR count). The number of piperazine rings is 1. The molecule has 0 radical (unpaired) electrons. The van der Waals surface area contributed by atoms with E-state index in [1.54, 1.807) is 13.3 Å². The molecule has 2 heterocycles. The van der Waals surface area contributed by atoms with Crippen LogP contribution in [0.4, 0.5) is 23.0 Å². The monoisotopic (exact) mass is 516 g/mol. The molecule has 38 heavy (non-hydrogen) atoms. The van der Waals surface area contributed by atoms with Crippen molar-refractivity contribution in [3.63, 3.8) is 0 Å². The molecule has 1 aliphatic rings. The fourth-order valence-corrected chi connectivity index (χ4v) is 4.25. The Morgan fingerprint density at radius 3 is 2.21 bits per heavy atom. The van der Waals surface area contributed by atoms with Gasteiger partial charge < -0.3 is 25.2 Å². The lowest BCUT2D eigenvalue weighted by Gasteiger charge is -2.38. The number of amides is 2. The quantitative estimate of drug-likeness (QED) is 0.453. The number of benzene rings is 2. The van der Waals surface area contributed by atoms with Crippen LogP contribution in [-0.4, -0.2) is 66.6 Å². The first kappa shape index (κ1) is 27.1. The minimum atomic E-state index is -0.347. The van der Waals surface area contributed by atoms with Crippen LogP contribution in [0.3, 0.4) is 0 Å². The summed E-state index contributed by atoms with van der Waals surface area (Å²) < 4.78 is 4.94. The number of aromatic nitrogens is 2. The summed E-state index contributed by atoms with van der Waals surface area (Å²) >= 11 is 0. The Hall–Kier alpha value is -3.98. The molecule has 1 aromatic heterocycles. The summed E-state index contributed by atoms with van der Waals surface area (Å²) in [6, 6.07) is 17.6. The number of rotatable bonds is 8. The SMILES string of the molecule is COCCC(=O)Nc1ccc(-c2ccnc(Nc3ccc(N4CCN(C(=O)C(C)(C)C)CC4)cc3)n2)cc1. The summed E-state index contributed by atoms with van der Waals surface area (Å²) in [7, 11) is 1.57. The predicted octanol–water partition coefficient (Wildman–Crippen LogP) is 4.56. The van der Waals surface area contributed by atoms with Crippen molar-refractivity contribution in [3.05, 3.63) is 60.8 Å². The lowest BCUT2D eigenvalue weighted by molar-refractivity contribution is -0.139. The molecule has 0 atom stereocenters. The molecule has 1 saturated heterocycles. The van der Waals surface area contributed by atoms with Crippen LogP contribution in [0, 0.1) is 5.41 Å². The van der Waals surface area contributed by atoms with Gasteiger partial charge in [-0.25, -0.2) is 9.97 Å². The van der Waals surface area contributed by atoms with E-state index in [1.807, 2.05) is 68.1 Å². The molecule has 2 N–H and O–H groups in total. The summed E-state index contributed by atoms with van der Waals surface area (Å²) in [4.78, 5) is 37.7. The maximum atomic E-state index is 12.5. The highest BCUT2D eigenvalue weighted by molar-refractivity contribution is 5.91. The van der Waals surface area contributed by atoms with Gasteiger partial charge in [0.2, 0.25) is 17.8 Å². The fraction of sp³-hybridized carbons (Fsp3) is 0.379. The highest BCUT2D eigenvalue weighted by atomic mass is 16.5. The average Bonchev–Trinajstić information content (AvgIpc) is 2.92. The standard InChI is InChI=1S/C29H36N6O3/c1-29(2,3)27(37)35-18-16-34(17-19-35)24-11-9-23(10-12-24)32-28-30-15-13-25(33-28)21-5-7-22(8-6-21)31-26(36)14-20-38-4/h5-13,15H,14,16-20H2,1-4H3,(H,31,36)(H,30,32,33). The third-order valence-corrected chi connectivity index (χ3v) is 6.35. The number of carbonyl (C=O) groups is 2. The second-order valence-corrected chi connectivity index (χ2v) is 10.3. The van der Waals surface area contributed by atoms with Crippen LogP contribution in [0.2, 0.25) is 0 Å². The molecule has 0 bridgehead atoms. The molecule has 0 spiro atoms. The van der Waals surface area contributed by atoms with Crippen molar-refractivity contribution >= 4 is 34.8 Å². The van der Waals surface area contributed by atoms with E-state index in [0.717, 1.165) is 54.5 Å². The Kier molecular flexibility index (Phi) is 8.58. The minimum absolute atomic E-state index is 0.0861. The van der Waals surface area contributed by atoms with Gasteiger partial charge in [-0.15, -0.1) is 0 Å². The topological polar surface area (TPSA) is 99.7 Å². The van der Waals surface area contributed by atoms with Crippen LogP contribution in [0.15, 0.2) is 60.8 Å². The van der Waals surface area contributed by atoms with Crippen LogP contribution >= 0.6 is 0 Å². The van der Waals surface area contributed by atoms with Gasteiger partial charge >= 0.3 is 0 Å². The van der Waals surface area contributed by atoms with Crippen molar-refractivity contribution in [3.8, 4) is 11.3 Å². The molecule has 0 aliphatic carbocycles. The average molecular weight is 517 g/mol. The van der Waals surface area contributed by atoms with Gasteiger partial charge in [-0.3, -0.25) is 9.59 Å². The number of carbonyl (C=O) groups excluding carboxylic acids is 2. The predicted molar refractivity (Wildman–Crippen MR) is 151 cm³/mol. The number of nitrogens with zero attached hydrogens (tertiary/aromatic N) is 4. The smallest absolute Gasteiger partial charge is 0.228 e. The largest absolute Gasteiger partial charge is 0.384 e. The Morgan fingerprint density at radius 2 is 1.58 bits per heavy atom. The summed E-state index contributed by atoms with van der Waals surface area (Å²) in [6.45, 7) is 9.39. The van der Waals surface area contributed by atoms with Gasteiger partial charge in [0.15, 0.2) is 0 Å². The zero-order valence-corrected chi connectivity index (χ0v) is 22.5. The molecule has 2 amide bonds. The molecule has 3 aromatic rings. The first-order chi connectivity index (χ1) is 18.2. The van der Waals surface area contributed by atoms with E-state index in [4.69, 9.17) is 4.74 Å². The number of hydrogen-bond acceptors (Lipinski definition) is 7. The summed E-state index contributed by atoms with van der Waals surface area (Å²) in [6.07, 6.45) is 2.03. The van der Waals surface area contributed by atoms with Crippen LogP contribution in [0.5, 0.6) is 0 Å². The highest BCUT2D eigenvalue weighted by Gasteiger charge is 2.29. The minimum Gasteiger partial charge on any atom is -0.384 e. The van der Waals surface area contributed by atoms with Crippen LogP contribution in [-0.2, 0) is 14.3 Å². The first-order valence-corrected chi connectivity index (χ1v) is 12.9. The van der Waals surface area contributed by atoms with E-state index in [9.17, 15) is 9.59 Å². The maximum Gasteiger partial charge on any atom is 0.228 e. The van der Waals surface area contributed by atoms with E-state index in [1.165, 1.54) is 0 Å². The molecular formula is C29H36N6O3. The van der Waals surface area contributed by atoms with Crippen molar-refractivity contribution in [2.75, 3.05) is 55.4 Å². The highest BCUT2D eigenvalue weighted by Crippen LogP contribution is 2.25. The summed E-state index contributed by atoms with van der Waals surface area (Å²) in [5, 5.41) is 6.13. The lowest BCUT2D eigenvalue weighted by atomic mass is 9.94. The van der Waals surface area contributed by atoms with Crippen molar-refractivity contribution in [1.29, 1.82) is 0 Å². The van der Waals surface area contributed by atoms with Gasteiger partial charge in [0.25, 0.3) is 0 Å². The Morgan fingerprint density at radius 1 is 0.921 bits per heavy atom. The van der Waals surface area contributed by atoms with Crippen LogP contribution < -0.4 is 15.5 Å². The van der Waals surface area contributed by atoms with Gasteiger partial charge in [-0.05, 0) is 42.5 Å².